The van der Waals surface area contributed by atoms with Crippen LogP contribution in [-0.2, 0) is 17.1 Å². The van der Waals surface area contributed by atoms with Gasteiger partial charge in [0.15, 0.2) is 0 Å². The largest absolute Gasteiger partial charge is 0.481 e. The molecule has 2 fully saturated rings. The number of nitrogens with zero attached hydrogens (tertiary/aromatic N) is 3. The molecule has 146 valence electrons. The Labute approximate surface area is 158 Å². The molecule has 1 aromatic heterocycles. The van der Waals surface area contributed by atoms with Crippen LogP contribution in [0.2, 0.25) is 0 Å². The molecule has 2 atom stereocenters. The Morgan fingerprint density at radius 3 is 2.52 bits per heavy atom. The van der Waals surface area contributed by atoms with Crippen LogP contribution in [0, 0.1) is 0 Å². The lowest BCUT2D eigenvalue weighted by Gasteiger charge is -2.37. The number of hydrogen-bond donors (Lipinski definition) is 1. The minimum Gasteiger partial charge on any atom is -0.481 e. The number of aryl methyl sites for hydroxylation is 1. The summed E-state index contributed by atoms with van der Waals surface area (Å²) in [6.45, 7) is 0. The molecule has 2 unspecified atom stereocenters. The topological polar surface area (TPSA) is 93.5 Å². The molecule has 2 aromatic rings. The second kappa shape index (κ2) is 6.49. The normalized spacial score (nSPS) is 25.7. The maximum atomic E-state index is 12.7. The molecular weight excluding hydrogens is 368 g/mol. The van der Waals surface area contributed by atoms with Crippen molar-refractivity contribution < 1.29 is 17.9 Å². The number of hydrogen-bond acceptors (Lipinski definition) is 5. The van der Waals surface area contributed by atoms with Gasteiger partial charge in [-0.1, -0.05) is 0 Å². The van der Waals surface area contributed by atoms with Gasteiger partial charge in [-0.3, -0.25) is 4.79 Å². The highest BCUT2D eigenvalue weighted by Gasteiger charge is 2.45. The maximum Gasteiger partial charge on any atom is 0.251 e. The van der Waals surface area contributed by atoms with Crippen molar-refractivity contribution in [3.8, 4) is 5.88 Å². The zero-order valence-electron chi connectivity index (χ0n) is 15.7. The number of carbonyl (C=O) groups excluding carboxylic acids is 1. The van der Waals surface area contributed by atoms with Crippen molar-refractivity contribution in [2.75, 3.05) is 13.4 Å². The lowest BCUT2D eigenvalue weighted by atomic mass is 9.99. The number of fused-ring (bicyclic) bond motifs is 3. The fraction of sp³-hybridized carbons (Fsp3) is 0.556. The Morgan fingerprint density at radius 2 is 1.93 bits per heavy atom. The van der Waals surface area contributed by atoms with Crippen LogP contribution in [0.4, 0.5) is 0 Å². The Bertz CT molecular complexity index is 986. The van der Waals surface area contributed by atoms with Crippen LogP contribution in [0.5, 0.6) is 5.88 Å². The third-order valence-electron chi connectivity index (χ3n) is 5.62. The number of nitrogens with one attached hydrogen (secondary N) is 1. The van der Waals surface area contributed by atoms with Crippen LogP contribution in [-0.4, -0.2) is 59.9 Å². The van der Waals surface area contributed by atoms with Crippen molar-refractivity contribution >= 4 is 26.8 Å². The molecule has 1 N–H and O–H groups in total. The van der Waals surface area contributed by atoms with Crippen LogP contribution in [0.1, 0.15) is 36.0 Å². The molecule has 0 saturated carbocycles. The van der Waals surface area contributed by atoms with Gasteiger partial charge in [0.05, 0.1) is 24.3 Å². The second-order valence-corrected chi connectivity index (χ2v) is 9.37. The summed E-state index contributed by atoms with van der Waals surface area (Å²) >= 11 is 0. The van der Waals surface area contributed by atoms with E-state index in [-0.39, 0.29) is 24.0 Å². The Kier molecular flexibility index (Phi) is 4.38. The molecule has 1 amide bonds. The van der Waals surface area contributed by atoms with Crippen LogP contribution in [0.15, 0.2) is 18.2 Å². The molecule has 9 heteroatoms. The predicted octanol–water partition coefficient (Wildman–Crippen LogP) is 1.27. The summed E-state index contributed by atoms with van der Waals surface area (Å²) < 4.78 is 32.6. The van der Waals surface area contributed by atoms with Gasteiger partial charge in [-0.05, 0) is 43.9 Å². The number of aromatic nitrogens is 2. The van der Waals surface area contributed by atoms with E-state index in [1.165, 1.54) is 6.26 Å². The number of piperidine rings is 1. The van der Waals surface area contributed by atoms with Crippen LogP contribution >= 0.6 is 0 Å². The first kappa shape index (κ1) is 18.2. The average Bonchev–Trinajstić information content (AvgIpc) is 3.07. The smallest absolute Gasteiger partial charge is 0.251 e. The molecule has 2 bridgehead atoms. The summed E-state index contributed by atoms with van der Waals surface area (Å²) in [6, 6.07) is 5.34. The third kappa shape index (κ3) is 3.19. The van der Waals surface area contributed by atoms with Gasteiger partial charge in [-0.15, -0.1) is 0 Å². The van der Waals surface area contributed by atoms with E-state index in [0.717, 1.165) is 18.2 Å². The zero-order chi connectivity index (χ0) is 19.3. The fourth-order valence-corrected chi connectivity index (χ4v) is 6.09. The maximum absolute atomic E-state index is 12.7. The first-order chi connectivity index (χ1) is 12.8. The minimum atomic E-state index is -3.20. The van der Waals surface area contributed by atoms with Crippen LogP contribution < -0.4 is 10.1 Å². The second-order valence-electron chi connectivity index (χ2n) is 7.48. The van der Waals surface area contributed by atoms with Crippen molar-refractivity contribution in [1.29, 1.82) is 0 Å². The minimum absolute atomic E-state index is 0.00780. The van der Waals surface area contributed by atoms with Crippen molar-refractivity contribution in [2.45, 2.75) is 43.8 Å². The van der Waals surface area contributed by atoms with Gasteiger partial charge in [0.1, 0.15) is 0 Å². The summed E-state index contributed by atoms with van der Waals surface area (Å²) in [7, 11) is 0.191. The van der Waals surface area contributed by atoms with Gasteiger partial charge < -0.3 is 10.1 Å². The molecule has 0 aliphatic carbocycles. The molecule has 2 aliphatic rings. The molecule has 4 rings (SSSR count). The Balaban J connectivity index is 1.50. The van der Waals surface area contributed by atoms with Gasteiger partial charge in [-0.2, -0.15) is 9.40 Å². The highest BCUT2D eigenvalue weighted by Crippen LogP contribution is 2.37. The number of sulfonamides is 1. The fourth-order valence-electron chi connectivity index (χ4n) is 4.62. The van der Waals surface area contributed by atoms with Gasteiger partial charge in [0.2, 0.25) is 15.9 Å². The van der Waals surface area contributed by atoms with E-state index in [1.54, 1.807) is 35.3 Å². The number of carbonyl (C=O) groups is 1. The van der Waals surface area contributed by atoms with Crippen molar-refractivity contribution in [2.24, 2.45) is 7.05 Å². The van der Waals surface area contributed by atoms with E-state index in [4.69, 9.17) is 4.74 Å². The predicted molar refractivity (Wildman–Crippen MR) is 101 cm³/mol. The summed E-state index contributed by atoms with van der Waals surface area (Å²) in [4.78, 5) is 12.7. The Morgan fingerprint density at radius 1 is 1.26 bits per heavy atom. The molecule has 1 aromatic carbocycles. The van der Waals surface area contributed by atoms with E-state index < -0.39 is 10.0 Å². The molecule has 8 nitrogen and oxygen atoms in total. The van der Waals surface area contributed by atoms with Gasteiger partial charge in [-0.25, -0.2) is 13.1 Å². The molecule has 2 saturated heterocycles. The third-order valence-corrected chi connectivity index (χ3v) is 6.98. The number of benzene rings is 1. The number of amides is 1. The van der Waals surface area contributed by atoms with E-state index in [0.29, 0.717) is 29.8 Å². The van der Waals surface area contributed by atoms with Crippen molar-refractivity contribution in [1.82, 2.24) is 19.4 Å². The standard InChI is InChI=1S/C18H24N4O4S/c1-21-18(26-2)15-7-4-11(8-16(15)20-21)17(23)19-12-9-13-5-6-14(10-12)22(13)27(3,24)25/h4,7-8,12-14H,5-6,9-10H2,1-3H3,(H,19,23). The van der Waals surface area contributed by atoms with E-state index in [9.17, 15) is 13.2 Å². The van der Waals surface area contributed by atoms with Crippen LogP contribution in [0.3, 0.4) is 0 Å². The first-order valence-electron chi connectivity index (χ1n) is 9.08. The number of ether oxygens (including phenoxy) is 1. The lowest BCUT2D eigenvalue weighted by molar-refractivity contribution is 0.0909. The van der Waals surface area contributed by atoms with Crippen molar-refractivity contribution in [3.05, 3.63) is 23.8 Å². The lowest BCUT2D eigenvalue weighted by Crippen LogP contribution is -2.52. The monoisotopic (exact) mass is 392 g/mol. The van der Waals surface area contributed by atoms with E-state index in [1.807, 2.05) is 6.07 Å². The molecule has 27 heavy (non-hydrogen) atoms. The average molecular weight is 392 g/mol. The molecule has 3 heterocycles. The van der Waals surface area contributed by atoms with Crippen LogP contribution in [0.25, 0.3) is 10.9 Å². The Hall–Kier alpha value is -2.13. The van der Waals surface area contributed by atoms with Gasteiger partial charge in [0, 0.05) is 30.7 Å². The van der Waals surface area contributed by atoms with E-state index in [2.05, 4.69) is 10.4 Å². The van der Waals surface area contributed by atoms with E-state index >= 15 is 0 Å². The molecular formula is C18H24N4O4S. The highest BCUT2D eigenvalue weighted by atomic mass is 32.2. The number of methoxy groups -OCH3 is 1. The number of rotatable bonds is 4. The summed E-state index contributed by atoms with van der Waals surface area (Å²) in [5.74, 6) is 0.500. The highest BCUT2D eigenvalue weighted by molar-refractivity contribution is 7.88. The first-order valence-corrected chi connectivity index (χ1v) is 10.9. The zero-order valence-corrected chi connectivity index (χ0v) is 16.5. The molecule has 0 radical (unpaired) electrons. The summed E-state index contributed by atoms with van der Waals surface area (Å²) in [5.41, 5.74) is 1.25. The summed E-state index contributed by atoms with van der Waals surface area (Å²) in [5, 5.41) is 8.32. The molecule has 2 aliphatic heterocycles. The molecule has 0 spiro atoms. The van der Waals surface area contributed by atoms with Gasteiger partial charge in [0.25, 0.3) is 5.91 Å². The SMILES string of the molecule is COc1c2ccc(C(=O)NC3CC4CCC(C3)N4S(C)(=O)=O)cc2nn1C. The quantitative estimate of drug-likeness (QED) is 0.846. The van der Waals surface area contributed by atoms with Crippen molar-refractivity contribution in [3.63, 3.8) is 0 Å². The van der Waals surface area contributed by atoms with Gasteiger partial charge >= 0.3 is 0 Å². The summed E-state index contributed by atoms with van der Waals surface area (Å²) in [6.07, 6.45) is 4.32.